The molecule has 1 saturated heterocycles. The normalized spacial score (nSPS) is 20.8. The van der Waals surface area contributed by atoms with Crippen LogP contribution in [0.2, 0.25) is 0 Å². The predicted molar refractivity (Wildman–Crippen MR) is 77.1 cm³/mol. The summed E-state index contributed by atoms with van der Waals surface area (Å²) in [6.45, 7) is 0.262. The van der Waals surface area contributed by atoms with Crippen molar-refractivity contribution in [1.29, 1.82) is 0 Å². The zero-order chi connectivity index (χ0) is 16.4. The molecule has 2 heterocycles. The average Bonchev–Trinajstić information content (AvgIpc) is 3.01. The molecule has 1 aromatic rings. The van der Waals surface area contributed by atoms with Crippen LogP contribution in [0.4, 0.5) is 4.79 Å². The Labute approximate surface area is 132 Å². The number of nitrogens with one attached hydrogen (secondary N) is 2. The number of hydrogen-bond donors (Lipinski definition) is 2. The summed E-state index contributed by atoms with van der Waals surface area (Å²) in [5.74, 6) is 0.955. The van der Waals surface area contributed by atoms with E-state index in [4.69, 9.17) is 4.52 Å². The molecule has 2 N–H and O–H groups in total. The molecule has 3 rings (SSSR count). The molecule has 0 spiro atoms. The molecule has 1 aromatic heterocycles. The first-order valence-electron chi connectivity index (χ1n) is 7.70. The maximum Gasteiger partial charge on any atom is 0.322 e. The highest BCUT2D eigenvalue weighted by atomic mass is 16.5. The Kier molecular flexibility index (Phi) is 4.26. The number of urea groups is 1. The molecule has 23 heavy (non-hydrogen) atoms. The highest BCUT2D eigenvalue weighted by Crippen LogP contribution is 2.35. The third-order valence-corrected chi connectivity index (χ3v) is 4.25. The lowest BCUT2D eigenvalue weighted by Crippen LogP contribution is -2.32. The standard InChI is InChI=1S/C14H19N5O4/c1-19(7-10-16-13(23-18-10)8-3-2-4-8)11(20)6-5-9-12(21)17-14(22)15-9/h8-9H,2-7H2,1H3,(H2,15,17,21,22)/t9-/m0/s1. The SMILES string of the molecule is CN(Cc1noc(C2CCC2)n1)C(=O)CC[C@@H]1NC(=O)NC1=O. The molecule has 1 aliphatic carbocycles. The number of nitrogens with zero attached hydrogens (tertiary/aromatic N) is 3. The van der Waals surface area contributed by atoms with Gasteiger partial charge in [0.1, 0.15) is 6.04 Å². The smallest absolute Gasteiger partial charge is 0.322 e. The van der Waals surface area contributed by atoms with Crippen LogP contribution in [0.1, 0.15) is 49.7 Å². The zero-order valence-electron chi connectivity index (χ0n) is 12.9. The Morgan fingerprint density at radius 1 is 1.39 bits per heavy atom. The zero-order valence-corrected chi connectivity index (χ0v) is 12.9. The van der Waals surface area contributed by atoms with Gasteiger partial charge >= 0.3 is 6.03 Å². The summed E-state index contributed by atoms with van der Waals surface area (Å²) in [7, 11) is 1.65. The lowest BCUT2D eigenvalue weighted by molar-refractivity contribution is -0.130. The van der Waals surface area contributed by atoms with Crippen LogP contribution < -0.4 is 10.6 Å². The summed E-state index contributed by atoms with van der Waals surface area (Å²) in [4.78, 5) is 40.3. The van der Waals surface area contributed by atoms with E-state index in [9.17, 15) is 14.4 Å². The molecule has 2 fully saturated rings. The monoisotopic (exact) mass is 321 g/mol. The van der Waals surface area contributed by atoms with Crippen molar-refractivity contribution in [1.82, 2.24) is 25.7 Å². The summed E-state index contributed by atoms with van der Waals surface area (Å²) in [6, 6.07) is -1.16. The van der Waals surface area contributed by atoms with Crippen LogP contribution in [0.3, 0.4) is 0 Å². The molecule has 1 saturated carbocycles. The van der Waals surface area contributed by atoms with Gasteiger partial charge in [-0.25, -0.2) is 4.79 Å². The molecule has 1 atom stereocenters. The lowest BCUT2D eigenvalue weighted by Gasteiger charge is -2.20. The fourth-order valence-electron chi connectivity index (χ4n) is 2.57. The Morgan fingerprint density at radius 3 is 2.78 bits per heavy atom. The van der Waals surface area contributed by atoms with Crippen molar-refractivity contribution in [2.45, 2.75) is 50.6 Å². The molecule has 0 radical (unpaired) electrons. The first-order valence-corrected chi connectivity index (χ1v) is 7.70. The topological polar surface area (TPSA) is 117 Å². The molecule has 9 heteroatoms. The van der Waals surface area contributed by atoms with Gasteiger partial charge in [0.2, 0.25) is 11.8 Å². The van der Waals surface area contributed by atoms with Crippen LogP contribution in [0.25, 0.3) is 0 Å². The second kappa shape index (κ2) is 6.35. The van der Waals surface area contributed by atoms with Gasteiger partial charge in [-0.15, -0.1) is 0 Å². The van der Waals surface area contributed by atoms with E-state index in [2.05, 4.69) is 20.8 Å². The predicted octanol–water partition coefficient (Wildman–Crippen LogP) is 0.284. The van der Waals surface area contributed by atoms with Gasteiger partial charge in [-0.3, -0.25) is 14.9 Å². The van der Waals surface area contributed by atoms with Crippen LogP contribution in [-0.2, 0) is 16.1 Å². The van der Waals surface area contributed by atoms with Crippen LogP contribution >= 0.6 is 0 Å². The second-order valence-corrected chi connectivity index (χ2v) is 5.98. The van der Waals surface area contributed by atoms with Gasteiger partial charge in [0.25, 0.3) is 5.91 Å². The fraction of sp³-hybridized carbons (Fsp3) is 0.643. The minimum atomic E-state index is -0.643. The van der Waals surface area contributed by atoms with Crippen molar-refractivity contribution < 1.29 is 18.9 Å². The van der Waals surface area contributed by atoms with Crippen LogP contribution in [0.5, 0.6) is 0 Å². The van der Waals surface area contributed by atoms with Crippen molar-refractivity contribution in [2.75, 3.05) is 7.05 Å². The highest BCUT2D eigenvalue weighted by Gasteiger charge is 2.30. The molecule has 4 amide bonds. The van der Waals surface area contributed by atoms with Crippen molar-refractivity contribution >= 4 is 17.8 Å². The summed E-state index contributed by atoms with van der Waals surface area (Å²) >= 11 is 0. The third kappa shape index (κ3) is 3.49. The quantitative estimate of drug-likeness (QED) is 0.727. The van der Waals surface area contributed by atoms with E-state index in [1.54, 1.807) is 7.05 Å². The Morgan fingerprint density at radius 2 is 2.17 bits per heavy atom. The van der Waals surface area contributed by atoms with E-state index in [0.717, 1.165) is 12.8 Å². The van der Waals surface area contributed by atoms with E-state index in [-0.39, 0.29) is 25.3 Å². The van der Waals surface area contributed by atoms with Crippen molar-refractivity contribution in [2.24, 2.45) is 0 Å². The van der Waals surface area contributed by atoms with Gasteiger partial charge in [-0.05, 0) is 19.3 Å². The Balaban J connectivity index is 1.46. The molecule has 0 unspecified atom stereocenters. The van der Waals surface area contributed by atoms with Gasteiger partial charge in [0.05, 0.1) is 6.54 Å². The molecule has 2 aliphatic rings. The highest BCUT2D eigenvalue weighted by molar-refractivity contribution is 6.04. The first kappa shape index (κ1) is 15.4. The van der Waals surface area contributed by atoms with Gasteiger partial charge in [-0.1, -0.05) is 11.6 Å². The molecular weight excluding hydrogens is 302 g/mol. The minimum absolute atomic E-state index is 0.144. The number of imide groups is 1. The van der Waals surface area contributed by atoms with E-state index in [0.29, 0.717) is 17.6 Å². The summed E-state index contributed by atoms with van der Waals surface area (Å²) in [5.41, 5.74) is 0. The lowest BCUT2D eigenvalue weighted by atomic mass is 9.85. The maximum atomic E-state index is 12.1. The molecule has 9 nitrogen and oxygen atoms in total. The maximum absolute atomic E-state index is 12.1. The number of hydrogen-bond acceptors (Lipinski definition) is 6. The van der Waals surface area contributed by atoms with Crippen LogP contribution in [0, 0.1) is 0 Å². The summed E-state index contributed by atoms with van der Waals surface area (Å²) < 4.78 is 5.22. The number of carbonyl (C=O) groups is 3. The number of aromatic nitrogens is 2. The van der Waals surface area contributed by atoms with Gasteiger partial charge in [0.15, 0.2) is 5.82 Å². The van der Waals surface area contributed by atoms with E-state index >= 15 is 0 Å². The van der Waals surface area contributed by atoms with Crippen molar-refractivity contribution in [3.8, 4) is 0 Å². The Hall–Kier alpha value is -2.45. The molecular formula is C14H19N5O4. The second-order valence-electron chi connectivity index (χ2n) is 5.98. The van der Waals surface area contributed by atoms with Gasteiger partial charge < -0.3 is 14.7 Å². The van der Waals surface area contributed by atoms with Crippen molar-refractivity contribution in [3.63, 3.8) is 0 Å². The Bertz CT molecular complexity index is 624. The minimum Gasteiger partial charge on any atom is -0.339 e. The third-order valence-electron chi connectivity index (χ3n) is 4.25. The molecule has 0 aromatic carbocycles. The van der Waals surface area contributed by atoms with Gasteiger partial charge in [-0.2, -0.15) is 4.98 Å². The number of amides is 4. The molecule has 0 bridgehead atoms. The van der Waals surface area contributed by atoms with E-state index in [1.807, 2.05) is 0 Å². The number of rotatable bonds is 6. The molecule has 124 valence electrons. The van der Waals surface area contributed by atoms with Crippen LogP contribution in [-0.4, -0.2) is 46.0 Å². The fourth-order valence-corrected chi connectivity index (χ4v) is 2.57. The van der Waals surface area contributed by atoms with E-state index < -0.39 is 18.0 Å². The largest absolute Gasteiger partial charge is 0.339 e. The number of carbonyl (C=O) groups excluding carboxylic acids is 3. The molecule has 1 aliphatic heterocycles. The first-order chi connectivity index (χ1) is 11.0. The van der Waals surface area contributed by atoms with Crippen LogP contribution in [0.15, 0.2) is 4.52 Å². The average molecular weight is 321 g/mol. The van der Waals surface area contributed by atoms with Gasteiger partial charge in [0, 0.05) is 19.4 Å². The van der Waals surface area contributed by atoms with E-state index in [1.165, 1.54) is 11.3 Å². The summed E-state index contributed by atoms with van der Waals surface area (Å²) in [5, 5.41) is 8.50. The van der Waals surface area contributed by atoms with Crippen molar-refractivity contribution in [3.05, 3.63) is 11.7 Å². The summed E-state index contributed by atoms with van der Waals surface area (Å²) in [6.07, 6.45) is 3.76.